The van der Waals surface area contributed by atoms with Crippen LogP contribution in [0.5, 0.6) is 17.2 Å². The molecule has 0 N–H and O–H groups in total. The van der Waals surface area contributed by atoms with Gasteiger partial charge in [-0.3, -0.25) is 9.59 Å². The van der Waals surface area contributed by atoms with Crippen molar-refractivity contribution in [2.45, 2.75) is 27.0 Å². The highest BCUT2D eigenvalue weighted by Gasteiger charge is 2.35. The van der Waals surface area contributed by atoms with Crippen molar-refractivity contribution in [3.8, 4) is 17.2 Å². The van der Waals surface area contributed by atoms with E-state index in [-0.39, 0.29) is 35.5 Å². The Hall–Kier alpha value is -4.31. The molecule has 10 nitrogen and oxygen atoms in total. The van der Waals surface area contributed by atoms with Crippen molar-refractivity contribution in [1.29, 1.82) is 0 Å². The molecule has 4 rings (SSSR count). The average molecular weight is 513 g/mol. The summed E-state index contributed by atoms with van der Waals surface area (Å²) < 4.78 is 27.4. The standard InChI is InChI=1S/C25H21ClN2O8/c1-4-32-22-12-16(7-9-20(22)35-25(31)21-6-5-11-33-21)24-28(14(2)29)27-23(36-24)18-13-17(26)8-10-19(18)34-15(3)30/h5-13,24H,4H2,1-3H3/t24-/m0/s1. The van der Waals surface area contributed by atoms with Crippen LogP contribution in [0.2, 0.25) is 5.02 Å². The highest BCUT2D eigenvalue weighted by Crippen LogP contribution is 2.38. The molecular weight excluding hydrogens is 492 g/mol. The Bertz CT molecular complexity index is 1340. The lowest BCUT2D eigenvalue weighted by molar-refractivity contribution is -0.135. The summed E-state index contributed by atoms with van der Waals surface area (Å²) in [5.41, 5.74) is 0.779. The van der Waals surface area contributed by atoms with E-state index in [0.717, 1.165) is 5.01 Å². The maximum atomic E-state index is 12.4. The normalized spacial score (nSPS) is 14.6. The van der Waals surface area contributed by atoms with Crippen molar-refractivity contribution in [2.24, 2.45) is 5.10 Å². The van der Waals surface area contributed by atoms with Gasteiger partial charge in [-0.2, -0.15) is 5.01 Å². The molecule has 0 saturated carbocycles. The van der Waals surface area contributed by atoms with Gasteiger partial charge in [-0.25, -0.2) is 4.79 Å². The molecule has 1 aliphatic rings. The molecule has 0 bridgehead atoms. The van der Waals surface area contributed by atoms with E-state index in [9.17, 15) is 14.4 Å². The fourth-order valence-corrected chi connectivity index (χ4v) is 3.55. The number of carbonyl (C=O) groups excluding carboxylic acids is 3. The number of rotatable bonds is 7. The fourth-order valence-electron chi connectivity index (χ4n) is 3.38. The van der Waals surface area contributed by atoms with Gasteiger partial charge in [0.25, 0.3) is 0 Å². The fraction of sp³-hybridized carbons (Fsp3) is 0.200. The molecule has 0 aliphatic carbocycles. The summed E-state index contributed by atoms with van der Waals surface area (Å²) in [5.74, 6) is -1.01. The maximum absolute atomic E-state index is 12.4. The summed E-state index contributed by atoms with van der Waals surface area (Å²) >= 11 is 6.14. The highest BCUT2D eigenvalue weighted by molar-refractivity contribution is 6.31. The third-order valence-corrected chi connectivity index (χ3v) is 5.11. The molecule has 36 heavy (non-hydrogen) atoms. The van der Waals surface area contributed by atoms with Gasteiger partial charge in [0.15, 0.2) is 11.5 Å². The van der Waals surface area contributed by atoms with Gasteiger partial charge in [0, 0.05) is 24.4 Å². The second kappa shape index (κ2) is 10.5. The largest absolute Gasteiger partial charge is 0.490 e. The molecular formula is C25H21ClN2O8. The number of esters is 2. The maximum Gasteiger partial charge on any atom is 0.379 e. The second-order valence-corrected chi connectivity index (χ2v) is 7.92. The van der Waals surface area contributed by atoms with Gasteiger partial charge in [-0.05, 0) is 55.5 Å². The highest BCUT2D eigenvalue weighted by atomic mass is 35.5. The summed E-state index contributed by atoms with van der Waals surface area (Å²) in [7, 11) is 0. The minimum atomic E-state index is -0.976. The zero-order valence-corrected chi connectivity index (χ0v) is 20.3. The van der Waals surface area contributed by atoms with Gasteiger partial charge in [0.2, 0.25) is 23.8 Å². The van der Waals surface area contributed by atoms with Crippen molar-refractivity contribution in [3.05, 3.63) is 76.7 Å². The SMILES string of the molecule is CCOc1cc([C@@H]2OC(c3cc(Cl)ccc3OC(C)=O)=NN2C(C)=O)ccc1OC(=O)c1ccco1. The minimum absolute atomic E-state index is 0.0280. The Morgan fingerprint density at radius 1 is 1.03 bits per heavy atom. The predicted molar refractivity (Wildman–Crippen MR) is 127 cm³/mol. The Morgan fingerprint density at radius 2 is 1.81 bits per heavy atom. The molecule has 0 radical (unpaired) electrons. The van der Waals surface area contributed by atoms with E-state index in [1.165, 1.54) is 44.4 Å². The van der Waals surface area contributed by atoms with E-state index < -0.39 is 24.1 Å². The first kappa shape index (κ1) is 24.8. The van der Waals surface area contributed by atoms with E-state index in [2.05, 4.69) is 5.10 Å². The number of benzene rings is 2. The molecule has 2 aromatic carbocycles. The molecule has 1 amide bonds. The lowest BCUT2D eigenvalue weighted by atomic mass is 10.1. The van der Waals surface area contributed by atoms with Crippen molar-refractivity contribution in [1.82, 2.24) is 5.01 Å². The zero-order valence-electron chi connectivity index (χ0n) is 19.5. The number of hydrogen-bond acceptors (Lipinski definition) is 9. The zero-order chi connectivity index (χ0) is 25.8. The van der Waals surface area contributed by atoms with Crippen LogP contribution in [-0.2, 0) is 14.3 Å². The molecule has 2 heterocycles. The number of halogens is 1. The third-order valence-electron chi connectivity index (χ3n) is 4.87. The summed E-state index contributed by atoms with van der Waals surface area (Å²) in [5, 5.41) is 5.78. The number of ether oxygens (including phenoxy) is 4. The van der Waals surface area contributed by atoms with Crippen molar-refractivity contribution in [3.63, 3.8) is 0 Å². The van der Waals surface area contributed by atoms with E-state index in [0.29, 0.717) is 16.1 Å². The molecule has 1 aliphatic heterocycles. The van der Waals surface area contributed by atoms with Crippen LogP contribution in [0.3, 0.4) is 0 Å². The monoisotopic (exact) mass is 512 g/mol. The van der Waals surface area contributed by atoms with Crippen molar-refractivity contribution < 1.29 is 37.7 Å². The van der Waals surface area contributed by atoms with E-state index in [1.807, 2.05) is 0 Å². The van der Waals surface area contributed by atoms with Crippen LogP contribution >= 0.6 is 11.6 Å². The van der Waals surface area contributed by atoms with E-state index >= 15 is 0 Å². The minimum Gasteiger partial charge on any atom is -0.490 e. The molecule has 1 atom stereocenters. The van der Waals surface area contributed by atoms with Crippen LogP contribution in [0.15, 0.2) is 64.3 Å². The first-order chi connectivity index (χ1) is 17.3. The van der Waals surface area contributed by atoms with Gasteiger partial charge in [0.1, 0.15) is 5.75 Å². The Morgan fingerprint density at radius 3 is 2.47 bits per heavy atom. The first-order valence-corrected chi connectivity index (χ1v) is 11.2. The molecule has 0 spiro atoms. The lowest BCUT2D eigenvalue weighted by Crippen LogP contribution is -2.25. The number of hydrogen-bond donors (Lipinski definition) is 0. The summed E-state index contributed by atoms with van der Waals surface area (Å²) in [4.78, 5) is 36.3. The molecule has 186 valence electrons. The van der Waals surface area contributed by atoms with Gasteiger partial charge >= 0.3 is 11.9 Å². The summed E-state index contributed by atoms with van der Waals surface area (Å²) in [6, 6.07) is 12.3. The molecule has 0 fully saturated rings. The van der Waals surface area contributed by atoms with Gasteiger partial charge in [-0.15, -0.1) is 5.10 Å². The molecule has 1 aromatic heterocycles. The van der Waals surface area contributed by atoms with Crippen LogP contribution in [0, 0.1) is 0 Å². The smallest absolute Gasteiger partial charge is 0.379 e. The van der Waals surface area contributed by atoms with Gasteiger partial charge in [-0.1, -0.05) is 11.6 Å². The van der Waals surface area contributed by atoms with Crippen molar-refractivity contribution >= 4 is 35.3 Å². The topological polar surface area (TPSA) is 117 Å². The summed E-state index contributed by atoms with van der Waals surface area (Å²) in [6.07, 6.45) is 0.386. The van der Waals surface area contributed by atoms with Crippen LogP contribution in [0.1, 0.15) is 48.7 Å². The molecule has 0 unspecified atom stereocenters. The third kappa shape index (κ3) is 5.33. The van der Waals surface area contributed by atoms with Crippen molar-refractivity contribution in [2.75, 3.05) is 6.61 Å². The quantitative estimate of drug-likeness (QED) is 0.330. The van der Waals surface area contributed by atoms with E-state index in [1.54, 1.807) is 31.2 Å². The number of hydrazone groups is 1. The average Bonchev–Trinajstić information content (AvgIpc) is 3.52. The van der Waals surface area contributed by atoms with E-state index in [4.69, 9.17) is 35.0 Å². The number of nitrogens with zero attached hydrogens (tertiary/aromatic N) is 2. The first-order valence-electron chi connectivity index (χ1n) is 10.8. The van der Waals surface area contributed by atoms with Gasteiger partial charge < -0.3 is 23.4 Å². The Balaban J connectivity index is 1.66. The van der Waals surface area contributed by atoms with Crippen LogP contribution < -0.4 is 14.2 Å². The van der Waals surface area contributed by atoms with Crippen LogP contribution in [0.25, 0.3) is 0 Å². The van der Waals surface area contributed by atoms with Gasteiger partial charge in [0.05, 0.1) is 18.4 Å². The molecule has 11 heteroatoms. The Labute approximate surface area is 210 Å². The molecule has 0 saturated heterocycles. The Kier molecular flexibility index (Phi) is 7.25. The predicted octanol–water partition coefficient (Wildman–Crippen LogP) is 4.72. The lowest BCUT2D eigenvalue weighted by Gasteiger charge is -2.21. The molecule has 3 aromatic rings. The number of amides is 1. The number of carbonyl (C=O) groups is 3. The number of furan rings is 1. The summed E-state index contributed by atoms with van der Waals surface area (Å²) in [6.45, 7) is 4.65. The van der Waals surface area contributed by atoms with Crippen LogP contribution in [0.4, 0.5) is 0 Å². The second-order valence-electron chi connectivity index (χ2n) is 7.48. The van der Waals surface area contributed by atoms with Crippen LogP contribution in [-0.4, -0.2) is 35.4 Å².